The summed E-state index contributed by atoms with van der Waals surface area (Å²) in [6.45, 7) is 14.1. The van der Waals surface area contributed by atoms with E-state index in [1.807, 2.05) is 20.1 Å². The summed E-state index contributed by atoms with van der Waals surface area (Å²) in [4.78, 5) is 2.53. The standard InChI is InChI=1S/C28H43NO4/c1-17-10-11-19(31-8)22-21(17)27-14-15-29(7)18(2)26(27)12-13-28(32-9,23(27)33-22)20(16-26)25(6,30)24(3,4)5/h10-11,18,20,23,30H,12-16H2,1-9H3/t18-,20-,23?,25-,26-,27+,28-/m1/s1. The predicted molar refractivity (Wildman–Crippen MR) is 130 cm³/mol. The van der Waals surface area contributed by atoms with Crippen LogP contribution < -0.4 is 9.47 Å². The van der Waals surface area contributed by atoms with Gasteiger partial charge in [0.15, 0.2) is 11.5 Å². The lowest BCUT2D eigenvalue weighted by atomic mass is 9.35. The van der Waals surface area contributed by atoms with Gasteiger partial charge in [-0.2, -0.15) is 0 Å². The van der Waals surface area contributed by atoms with Gasteiger partial charge in [0.2, 0.25) is 0 Å². The van der Waals surface area contributed by atoms with Gasteiger partial charge >= 0.3 is 0 Å². The molecule has 5 heteroatoms. The highest BCUT2D eigenvalue weighted by molar-refractivity contribution is 5.61. The monoisotopic (exact) mass is 457 g/mol. The summed E-state index contributed by atoms with van der Waals surface area (Å²) in [5, 5.41) is 12.1. The number of ether oxygens (including phenoxy) is 3. The molecule has 184 valence electrons. The normalized spacial score (nSPS) is 41.6. The van der Waals surface area contributed by atoms with Gasteiger partial charge in [-0.15, -0.1) is 0 Å². The van der Waals surface area contributed by atoms with Crippen molar-refractivity contribution in [2.45, 2.75) is 96.0 Å². The van der Waals surface area contributed by atoms with Crippen molar-refractivity contribution in [2.75, 3.05) is 27.8 Å². The number of nitrogens with zero attached hydrogens (tertiary/aromatic N) is 1. The number of aryl methyl sites for hydroxylation is 1. The zero-order valence-electron chi connectivity index (χ0n) is 22.0. The third-order valence-corrected chi connectivity index (χ3v) is 11.0. The van der Waals surface area contributed by atoms with E-state index in [9.17, 15) is 5.11 Å². The SMILES string of the molecule is COc1ccc(C)c2c1OC1[C@@]3(OC)CC[C@@]4(C[C@@H]3[C@@](C)(O)C(C)(C)C)[C@@H](C)N(C)CC[C@]214. The van der Waals surface area contributed by atoms with E-state index in [0.717, 1.165) is 43.7 Å². The van der Waals surface area contributed by atoms with Crippen molar-refractivity contribution in [3.8, 4) is 11.5 Å². The molecule has 2 heterocycles. The molecule has 1 N–H and O–H groups in total. The lowest BCUT2D eigenvalue weighted by molar-refractivity contribution is -0.308. The van der Waals surface area contributed by atoms with Gasteiger partial charge in [0, 0.05) is 30.0 Å². The molecule has 1 saturated heterocycles. The summed E-state index contributed by atoms with van der Waals surface area (Å²) < 4.78 is 19.4. The number of likely N-dealkylation sites (tertiary alicyclic amines) is 1. The van der Waals surface area contributed by atoms with Crippen molar-refractivity contribution in [1.82, 2.24) is 4.90 Å². The Balaban J connectivity index is 1.82. The number of piperidine rings is 1. The molecule has 2 spiro atoms. The van der Waals surface area contributed by atoms with E-state index in [0.29, 0.717) is 6.04 Å². The van der Waals surface area contributed by atoms with Gasteiger partial charge in [0.05, 0.1) is 12.7 Å². The average Bonchev–Trinajstić information content (AvgIpc) is 3.15. The van der Waals surface area contributed by atoms with E-state index < -0.39 is 11.2 Å². The fourth-order valence-corrected chi connectivity index (χ4v) is 8.60. The van der Waals surface area contributed by atoms with Crippen LogP contribution in [0.25, 0.3) is 0 Å². The molecule has 5 aliphatic rings. The smallest absolute Gasteiger partial charge is 0.165 e. The zero-order chi connectivity index (χ0) is 24.2. The Hall–Kier alpha value is -1.30. The molecule has 5 nitrogen and oxygen atoms in total. The maximum atomic E-state index is 12.1. The molecule has 2 bridgehead atoms. The van der Waals surface area contributed by atoms with Crippen LogP contribution in [0.5, 0.6) is 11.5 Å². The molecule has 0 aromatic heterocycles. The Labute approximate surface area is 199 Å². The third kappa shape index (κ3) is 2.49. The molecular formula is C28H43NO4. The number of benzene rings is 1. The first kappa shape index (κ1) is 23.4. The van der Waals surface area contributed by atoms with E-state index in [-0.39, 0.29) is 28.3 Å². The Bertz CT molecular complexity index is 967. The topological polar surface area (TPSA) is 51.2 Å². The van der Waals surface area contributed by atoms with Gasteiger partial charge in [-0.3, -0.25) is 0 Å². The first-order valence-electron chi connectivity index (χ1n) is 12.7. The van der Waals surface area contributed by atoms with Gasteiger partial charge in [-0.05, 0) is 82.5 Å². The second kappa shape index (κ2) is 6.89. The molecule has 7 atom stereocenters. The van der Waals surface area contributed by atoms with Crippen LogP contribution in [0.2, 0.25) is 0 Å². The van der Waals surface area contributed by atoms with Crippen LogP contribution in [-0.2, 0) is 10.2 Å². The summed E-state index contributed by atoms with van der Waals surface area (Å²) in [6.07, 6.45) is 3.82. The Morgan fingerprint density at radius 1 is 1.12 bits per heavy atom. The maximum Gasteiger partial charge on any atom is 0.165 e. The lowest BCUT2D eigenvalue weighted by Gasteiger charge is -2.73. The van der Waals surface area contributed by atoms with Gasteiger partial charge in [-0.25, -0.2) is 0 Å². The summed E-state index contributed by atoms with van der Waals surface area (Å²) in [7, 11) is 5.83. The quantitative estimate of drug-likeness (QED) is 0.712. The van der Waals surface area contributed by atoms with Crippen LogP contribution in [0.15, 0.2) is 12.1 Å². The second-order valence-corrected chi connectivity index (χ2v) is 12.6. The van der Waals surface area contributed by atoms with E-state index in [1.165, 1.54) is 11.1 Å². The minimum atomic E-state index is -0.907. The van der Waals surface area contributed by atoms with Crippen molar-refractivity contribution in [3.05, 3.63) is 23.3 Å². The highest BCUT2D eigenvalue weighted by atomic mass is 16.6. The van der Waals surface area contributed by atoms with Crippen molar-refractivity contribution in [2.24, 2.45) is 16.7 Å². The van der Waals surface area contributed by atoms with Crippen molar-refractivity contribution in [1.29, 1.82) is 0 Å². The number of aliphatic hydroxyl groups is 1. The molecule has 0 radical (unpaired) electrons. The van der Waals surface area contributed by atoms with Crippen molar-refractivity contribution < 1.29 is 19.3 Å². The Morgan fingerprint density at radius 2 is 1.82 bits per heavy atom. The first-order valence-corrected chi connectivity index (χ1v) is 12.7. The molecule has 3 aliphatic carbocycles. The summed E-state index contributed by atoms with van der Waals surface area (Å²) in [5.74, 6) is 1.69. The van der Waals surface area contributed by atoms with E-state index in [1.54, 1.807) is 7.11 Å². The number of methoxy groups -OCH3 is 2. The number of fused-ring (bicyclic) bond motifs is 3. The van der Waals surface area contributed by atoms with E-state index in [2.05, 4.69) is 52.6 Å². The molecule has 1 aromatic rings. The van der Waals surface area contributed by atoms with Crippen LogP contribution in [-0.4, -0.2) is 61.2 Å². The van der Waals surface area contributed by atoms with Gasteiger partial charge in [0.1, 0.15) is 11.7 Å². The third-order valence-electron chi connectivity index (χ3n) is 11.0. The number of hydrogen-bond donors (Lipinski definition) is 1. The maximum absolute atomic E-state index is 12.1. The predicted octanol–water partition coefficient (Wildman–Crippen LogP) is 4.71. The molecule has 33 heavy (non-hydrogen) atoms. The lowest BCUT2D eigenvalue weighted by Crippen LogP contribution is -2.81. The first-order chi connectivity index (χ1) is 15.3. The molecule has 3 saturated carbocycles. The molecule has 1 unspecified atom stereocenters. The van der Waals surface area contributed by atoms with Gasteiger partial charge in [0.25, 0.3) is 0 Å². The summed E-state index contributed by atoms with van der Waals surface area (Å²) in [5.41, 5.74) is 0.714. The number of rotatable bonds is 3. The van der Waals surface area contributed by atoms with Crippen LogP contribution >= 0.6 is 0 Å². The minimum Gasteiger partial charge on any atom is -0.493 e. The van der Waals surface area contributed by atoms with E-state index in [4.69, 9.17) is 14.2 Å². The van der Waals surface area contributed by atoms with Gasteiger partial charge in [-0.1, -0.05) is 26.8 Å². The summed E-state index contributed by atoms with van der Waals surface area (Å²) in [6, 6.07) is 4.61. The fourth-order valence-electron chi connectivity index (χ4n) is 8.60. The van der Waals surface area contributed by atoms with Crippen LogP contribution in [0.3, 0.4) is 0 Å². The van der Waals surface area contributed by atoms with Crippen LogP contribution in [0.1, 0.15) is 71.4 Å². The average molecular weight is 458 g/mol. The van der Waals surface area contributed by atoms with E-state index >= 15 is 0 Å². The fraction of sp³-hybridized carbons (Fsp3) is 0.786. The summed E-state index contributed by atoms with van der Waals surface area (Å²) >= 11 is 0. The second-order valence-electron chi connectivity index (χ2n) is 12.6. The van der Waals surface area contributed by atoms with Crippen LogP contribution in [0, 0.1) is 23.7 Å². The Kier molecular flexibility index (Phi) is 4.89. The van der Waals surface area contributed by atoms with Crippen molar-refractivity contribution in [3.63, 3.8) is 0 Å². The molecule has 0 amide bonds. The van der Waals surface area contributed by atoms with Gasteiger partial charge < -0.3 is 24.2 Å². The van der Waals surface area contributed by atoms with Crippen molar-refractivity contribution >= 4 is 0 Å². The molecule has 4 fully saturated rings. The molecule has 1 aromatic carbocycles. The molecule has 6 rings (SSSR count). The minimum absolute atomic E-state index is 0.00672. The largest absolute Gasteiger partial charge is 0.493 e. The molecule has 2 aliphatic heterocycles. The highest BCUT2D eigenvalue weighted by Gasteiger charge is 2.80. The highest BCUT2D eigenvalue weighted by Crippen LogP contribution is 2.76. The Morgan fingerprint density at radius 3 is 2.42 bits per heavy atom. The zero-order valence-corrected chi connectivity index (χ0v) is 22.0. The number of hydrogen-bond acceptors (Lipinski definition) is 5. The molecular weight excluding hydrogens is 414 g/mol. The van der Waals surface area contributed by atoms with Crippen LogP contribution in [0.4, 0.5) is 0 Å².